The molecule has 0 atom stereocenters. The average Bonchev–Trinajstić information content (AvgIpc) is 2.58. The van der Waals surface area contributed by atoms with Gasteiger partial charge in [0.15, 0.2) is 0 Å². The van der Waals surface area contributed by atoms with Gasteiger partial charge in [-0.1, -0.05) is 18.2 Å². The van der Waals surface area contributed by atoms with E-state index in [1.54, 1.807) is 5.30 Å². The molecule has 1 aliphatic rings. The molecule has 0 unspecified atom stereocenters. The van der Waals surface area contributed by atoms with Crippen molar-refractivity contribution < 1.29 is 0 Å². The third kappa shape index (κ3) is 1.25. The van der Waals surface area contributed by atoms with Crippen molar-refractivity contribution in [3.8, 4) is 0 Å². The van der Waals surface area contributed by atoms with E-state index in [0.29, 0.717) is 0 Å². The fourth-order valence-electron chi connectivity index (χ4n) is 2.11. The van der Waals surface area contributed by atoms with Crippen molar-refractivity contribution in [2.45, 2.75) is 13.8 Å². The highest BCUT2D eigenvalue weighted by Crippen LogP contribution is 2.62. The summed E-state index contributed by atoms with van der Waals surface area (Å²) in [6, 6.07) is 8.86. The van der Waals surface area contributed by atoms with Crippen LogP contribution >= 0.6 is 7.26 Å². The van der Waals surface area contributed by atoms with Gasteiger partial charge in [0, 0.05) is 5.56 Å². The van der Waals surface area contributed by atoms with E-state index in [1.165, 1.54) is 17.9 Å². The predicted octanol–water partition coefficient (Wildman–Crippen LogP) is 3.35. The molecule has 0 spiro atoms. The first-order chi connectivity index (χ1) is 6.32. The lowest BCUT2D eigenvalue weighted by Gasteiger charge is -2.17. The second-order valence-electron chi connectivity index (χ2n) is 3.54. The van der Waals surface area contributed by atoms with Crippen molar-refractivity contribution in [1.29, 1.82) is 0 Å². The zero-order chi connectivity index (χ0) is 9.31. The summed E-state index contributed by atoms with van der Waals surface area (Å²) in [5, 5.41) is 1.63. The van der Waals surface area contributed by atoms with Gasteiger partial charge in [0.2, 0.25) is 0 Å². The molecule has 1 aromatic carbocycles. The highest BCUT2D eigenvalue weighted by atomic mass is 31.2. The molecule has 0 saturated carbocycles. The summed E-state index contributed by atoms with van der Waals surface area (Å²) in [6.45, 7) is 4.65. The van der Waals surface area contributed by atoms with Crippen LogP contribution in [0.4, 0.5) is 0 Å². The van der Waals surface area contributed by atoms with Crippen LogP contribution in [0.3, 0.4) is 0 Å². The van der Waals surface area contributed by atoms with Crippen LogP contribution in [-0.4, -0.2) is 12.3 Å². The maximum absolute atomic E-state index is 2.48. The minimum Gasteiger partial charge on any atom is -0.0614 e. The minimum atomic E-state index is -0.879. The van der Waals surface area contributed by atoms with Crippen molar-refractivity contribution in [3.05, 3.63) is 35.6 Å². The van der Waals surface area contributed by atoms with Crippen molar-refractivity contribution in [2.24, 2.45) is 0 Å². The highest BCUT2D eigenvalue weighted by Gasteiger charge is 2.38. The number of benzene rings is 1. The Balaban J connectivity index is 2.53. The van der Waals surface area contributed by atoms with E-state index in [-0.39, 0.29) is 0 Å². The normalized spacial score (nSPS) is 17.4. The van der Waals surface area contributed by atoms with E-state index >= 15 is 0 Å². The van der Waals surface area contributed by atoms with E-state index in [0.717, 1.165) is 0 Å². The second kappa shape index (κ2) is 3.27. The molecule has 0 aliphatic carbocycles. The number of rotatable bonds is 2. The molecule has 1 heterocycles. The molecule has 1 heteroatoms. The molecule has 0 aromatic heterocycles. The SMILES string of the molecule is CC[P+]1(CC)C=Cc2ccccc21. The fourth-order valence-corrected chi connectivity index (χ4v) is 5.32. The van der Waals surface area contributed by atoms with Gasteiger partial charge in [-0.05, 0) is 26.0 Å². The van der Waals surface area contributed by atoms with Gasteiger partial charge in [-0.15, -0.1) is 0 Å². The molecule has 0 nitrogen and oxygen atoms in total. The van der Waals surface area contributed by atoms with Gasteiger partial charge in [-0.25, -0.2) is 0 Å². The van der Waals surface area contributed by atoms with Crippen LogP contribution in [0.25, 0.3) is 6.08 Å². The summed E-state index contributed by atoms with van der Waals surface area (Å²) < 4.78 is 0. The maximum atomic E-state index is 2.48. The standard InChI is InChI=1S/C12H16P/c1-3-13(4-2)10-9-11-7-5-6-8-12(11)13/h5-10H,3-4H2,1-2H3/q+1. The molecule has 0 N–H and O–H groups in total. The molecule has 13 heavy (non-hydrogen) atoms. The minimum absolute atomic E-state index is 0.879. The van der Waals surface area contributed by atoms with Crippen LogP contribution < -0.4 is 5.30 Å². The summed E-state index contributed by atoms with van der Waals surface area (Å²) in [4.78, 5) is 0. The molecule has 0 fully saturated rings. The Labute approximate surface area is 81.0 Å². The molecule has 2 rings (SSSR count). The van der Waals surface area contributed by atoms with Gasteiger partial charge in [0.1, 0.15) is 5.30 Å². The van der Waals surface area contributed by atoms with Crippen LogP contribution in [0, 0.1) is 0 Å². The Kier molecular flexibility index (Phi) is 2.26. The van der Waals surface area contributed by atoms with Gasteiger partial charge in [-0.3, -0.25) is 0 Å². The molecule has 1 aromatic rings. The number of fused-ring (bicyclic) bond motifs is 1. The third-order valence-corrected chi connectivity index (χ3v) is 7.43. The molecule has 0 bridgehead atoms. The topological polar surface area (TPSA) is 0 Å². The summed E-state index contributed by atoms with van der Waals surface area (Å²) in [6.07, 6.45) is 4.95. The largest absolute Gasteiger partial charge is 0.106 e. The molecular formula is C12H16P+. The second-order valence-corrected chi connectivity index (χ2v) is 7.65. The van der Waals surface area contributed by atoms with E-state index in [1.807, 2.05) is 0 Å². The Morgan fingerprint density at radius 3 is 2.46 bits per heavy atom. The quantitative estimate of drug-likeness (QED) is 0.629. The summed E-state index contributed by atoms with van der Waals surface area (Å²) in [7, 11) is -0.879. The van der Waals surface area contributed by atoms with Crippen LogP contribution in [0.2, 0.25) is 0 Å². The third-order valence-electron chi connectivity index (χ3n) is 3.08. The van der Waals surface area contributed by atoms with Crippen LogP contribution in [0.5, 0.6) is 0 Å². The van der Waals surface area contributed by atoms with Gasteiger partial charge in [0.25, 0.3) is 0 Å². The smallest absolute Gasteiger partial charge is 0.0614 e. The fraction of sp³-hybridized carbons (Fsp3) is 0.333. The molecule has 1 aliphatic heterocycles. The zero-order valence-electron chi connectivity index (χ0n) is 8.33. The van der Waals surface area contributed by atoms with E-state index < -0.39 is 7.26 Å². The highest BCUT2D eigenvalue weighted by molar-refractivity contribution is 7.86. The van der Waals surface area contributed by atoms with E-state index in [9.17, 15) is 0 Å². The van der Waals surface area contributed by atoms with Crippen LogP contribution in [0.15, 0.2) is 30.1 Å². The molecule has 0 radical (unpaired) electrons. The molecular weight excluding hydrogens is 175 g/mol. The monoisotopic (exact) mass is 191 g/mol. The molecule has 0 saturated heterocycles. The lowest BCUT2D eigenvalue weighted by atomic mass is 10.2. The predicted molar refractivity (Wildman–Crippen MR) is 63.1 cm³/mol. The van der Waals surface area contributed by atoms with E-state index in [2.05, 4.69) is 50.0 Å². The lowest BCUT2D eigenvalue weighted by Crippen LogP contribution is -2.12. The van der Waals surface area contributed by atoms with Crippen molar-refractivity contribution >= 4 is 18.6 Å². The zero-order valence-corrected chi connectivity index (χ0v) is 9.22. The number of hydrogen-bond donors (Lipinski definition) is 0. The lowest BCUT2D eigenvalue weighted by molar-refractivity contribution is 1.40. The van der Waals surface area contributed by atoms with E-state index in [4.69, 9.17) is 0 Å². The summed E-state index contributed by atoms with van der Waals surface area (Å²) in [5.41, 5.74) is 1.46. The average molecular weight is 191 g/mol. The van der Waals surface area contributed by atoms with Gasteiger partial charge < -0.3 is 0 Å². The van der Waals surface area contributed by atoms with Crippen molar-refractivity contribution in [1.82, 2.24) is 0 Å². The first kappa shape index (κ1) is 8.97. The molecule has 0 amide bonds. The van der Waals surface area contributed by atoms with Crippen LogP contribution in [-0.2, 0) is 0 Å². The van der Waals surface area contributed by atoms with Gasteiger partial charge in [-0.2, -0.15) is 0 Å². The summed E-state index contributed by atoms with van der Waals surface area (Å²) >= 11 is 0. The Bertz CT molecular complexity index is 335. The Morgan fingerprint density at radius 2 is 1.77 bits per heavy atom. The summed E-state index contributed by atoms with van der Waals surface area (Å²) in [5.74, 6) is 2.48. The number of hydrogen-bond acceptors (Lipinski definition) is 0. The molecule has 68 valence electrons. The van der Waals surface area contributed by atoms with Crippen molar-refractivity contribution in [2.75, 3.05) is 12.3 Å². The Morgan fingerprint density at radius 1 is 1.08 bits per heavy atom. The van der Waals surface area contributed by atoms with Crippen LogP contribution in [0.1, 0.15) is 19.4 Å². The van der Waals surface area contributed by atoms with Gasteiger partial charge >= 0.3 is 0 Å². The Hall–Kier alpha value is -0.610. The first-order valence-electron chi connectivity index (χ1n) is 4.98. The van der Waals surface area contributed by atoms with Gasteiger partial charge in [0.05, 0.1) is 25.4 Å². The first-order valence-corrected chi connectivity index (χ1v) is 7.21. The van der Waals surface area contributed by atoms with Crippen molar-refractivity contribution in [3.63, 3.8) is 0 Å². The maximum Gasteiger partial charge on any atom is 0.106 e.